The zero-order chi connectivity index (χ0) is 9.80. The SMILES string of the molecule is O=C1NC=COC1Cc1ccccc1. The molecule has 0 fully saturated rings. The normalized spacial score (nSPS) is 20.0. The number of hydrogen-bond donors (Lipinski definition) is 1. The lowest BCUT2D eigenvalue weighted by molar-refractivity contribution is -0.130. The Morgan fingerprint density at radius 3 is 2.79 bits per heavy atom. The first-order chi connectivity index (χ1) is 6.86. The van der Waals surface area contributed by atoms with Gasteiger partial charge in [0.15, 0.2) is 6.10 Å². The lowest BCUT2D eigenvalue weighted by Crippen LogP contribution is -2.37. The van der Waals surface area contributed by atoms with Crippen molar-refractivity contribution in [2.45, 2.75) is 12.5 Å². The molecule has 1 unspecified atom stereocenters. The van der Waals surface area contributed by atoms with Crippen LogP contribution in [-0.2, 0) is 16.0 Å². The van der Waals surface area contributed by atoms with Gasteiger partial charge in [0.05, 0.1) is 0 Å². The minimum Gasteiger partial charge on any atom is -0.486 e. The van der Waals surface area contributed by atoms with Crippen LogP contribution in [0.5, 0.6) is 0 Å². The Kier molecular flexibility index (Phi) is 2.49. The van der Waals surface area contributed by atoms with Crippen LogP contribution in [0.4, 0.5) is 0 Å². The summed E-state index contributed by atoms with van der Waals surface area (Å²) in [5.41, 5.74) is 1.10. The molecule has 72 valence electrons. The maximum atomic E-state index is 11.3. The molecule has 1 N–H and O–H groups in total. The first-order valence-electron chi connectivity index (χ1n) is 4.51. The van der Waals surface area contributed by atoms with Crippen LogP contribution in [0, 0.1) is 0 Å². The van der Waals surface area contributed by atoms with Gasteiger partial charge >= 0.3 is 0 Å². The number of amides is 1. The molecule has 1 amide bonds. The largest absolute Gasteiger partial charge is 0.486 e. The summed E-state index contributed by atoms with van der Waals surface area (Å²) < 4.78 is 5.20. The van der Waals surface area contributed by atoms with Crippen molar-refractivity contribution in [2.24, 2.45) is 0 Å². The smallest absolute Gasteiger partial charge is 0.265 e. The summed E-state index contributed by atoms with van der Waals surface area (Å²) in [5, 5.41) is 2.61. The number of benzene rings is 1. The van der Waals surface area contributed by atoms with Gasteiger partial charge in [-0.25, -0.2) is 0 Å². The predicted octanol–water partition coefficient (Wildman–Crippen LogP) is 1.22. The van der Waals surface area contributed by atoms with Crippen molar-refractivity contribution in [3.05, 3.63) is 48.4 Å². The molecule has 1 aliphatic heterocycles. The number of carbonyl (C=O) groups excluding carboxylic acids is 1. The van der Waals surface area contributed by atoms with Gasteiger partial charge < -0.3 is 10.1 Å². The number of carbonyl (C=O) groups is 1. The Morgan fingerprint density at radius 2 is 2.07 bits per heavy atom. The van der Waals surface area contributed by atoms with Crippen LogP contribution in [0.15, 0.2) is 42.8 Å². The Morgan fingerprint density at radius 1 is 1.29 bits per heavy atom. The highest BCUT2D eigenvalue weighted by atomic mass is 16.5. The van der Waals surface area contributed by atoms with Gasteiger partial charge in [-0.15, -0.1) is 0 Å². The molecule has 3 heteroatoms. The molecular weight excluding hydrogens is 178 g/mol. The van der Waals surface area contributed by atoms with E-state index in [1.165, 1.54) is 12.5 Å². The van der Waals surface area contributed by atoms with Gasteiger partial charge in [-0.05, 0) is 5.56 Å². The second kappa shape index (κ2) is 3.96. The highest BCUT2D eigenvalue weighted by Crippen LogP contribution is 2.08. The van der Waals surface area contributed by atoms with E-state index >= 15 is 0 Å². The lowest BCUT2D eigenvalue weighted by Gasteiger charge is -2.18. The summed E-state index contributed by atoms with van der Waals surface area (Å²) in [6, 6.07) is 9.81. The third kappa shape index (κ3) is 1.93. The first-order valence-corrected chi connectivity index (χ1v) is 4.51. The Labute approximate surface area is 82.4 Å². The van der Waals surface area contributed by atoms with Crippen LogP contribution >= 0.6 is 0 Å². The van der Waals surface area contributed by atoms with Crippen molar-refractivity contribution in [1.82, 2.24) is 5.32 Å². The van der Waals surface area contributed by atoms with Gasteiger partial charge in [0.1, 0.15) is 6.26 Å². The highest BCUT2D eigenvalue weighted by Gasteiger charge is 2.20. The molecule has 2 rings (SSSR count). The van der Waals surface area contributed by atoms with Crippen LogP contribution in [0.2, 0.25) is 0 Å². The van der Waals surface area contributed by atoms with Crippen molar-refractivity contribution in [3.63, 3.8) is 0 Å². The molecule has 1 aliphatic rings. The standard InChI is InChI=1S/C11H11NO2/c13-11-10(14-7-6-12-11)8-9-4-2-1-3-5-9/h1-7,10H,8H2,(H,12,13). The maximum absolute atomic E-state index is 11.3. The summed E-state index contributed by atoms with van der Waals surface area (Å²) in [6.07, 6.45) is 3.22. The summed E-state index contributed by atoms with van der Waals surface area (Å²) >= 11 is 0. The van der Waals surface area contributed by atoms with Gasteiger partial charge in [-0.1, -0.05) is 30.3 Å². The zero-order valence-corrected chi connectivity index (χ0v) is 7.64. The molecule has 0 spiro atoms. The van der Waals surface area contributed by atoms with E-state index in [0.717, 1.165) is 5.56 Å². The second-order valence-electron chi connectivity index (χ2n) is 3.13. The minimum atomic E-state index is -0.401. The number of hydrogen-bond acceptors (Lipinski definition) is 2. The predicted molar refractivity (Wildman–Crippen MR) is 52.3 cm³/mol. The fraction of sp³-hybridized carbons (Fsp3) is 0.182. The van der Waals surface area contributed by atoms with Crippen molar-refractivity contribution in [3.8, 4) is 0 Å². The van der Waals surface area contributed by atoms with Crippen LogP contribution in [-0.4, -0.2) is 12.0 Å². The monoisotopic (exact) mass is 189 g/mol. The maximum Gasteiger partial charge on any atom is 0.265 e. The number of rotatable bonds is 2. The third-order valence-corrected chi connectivity index (χ3v) is 2.09. The van der Waals surface area contributed by atoms with Crippen molar-refractivity contribution < 1.29 is 9.53 Å². The van der Waals surface area contributed by atoms with Gasteiger partial charge in [-0.2, -0.15) is 0 Å². The topological polar surface area (TPSA) is 38.3 Å². The average Bonchev–Trinajstić information content (AvgIpc) is 2.23. The molecule has 1 atom stereocenters. The Bertz CT molecular complexity index is 346. The molecule has 0 aromatic heterocycles. The van der Waals surface area contributed by atoms with Crippen molar-refractivity contribution in [1.29, 1.82) is 0 Å². The Balaban J connectivity index is 2.04. The van der Waals surface area contributed by atoms with E-state index in [9.17, 15) is 4.79 Å². The summed E-state index contributed by atoms with van der Waals surface area (Å²) in [6.45, 7) is 0. The lowest BCUT2D eigenvalue weighted by atomic mass is 10.1. The summed E-state index contributed by atoms with van der Waals surface area (Å²) in [4.78, 5) is 11.3. The van der Waals surface area contributed by atoms with E-state index in [1.807, 2.05) is 30.3 Å². The van der Waals surface area contributed by atoms with Crippen LogP contribution in [0.3, 0.4) is 0 Å². The Hall–Kier alpha value is -1.77. The fourth-order valence-corrected chi connectivity index (χ4v) is 1.37. The fourth-order valence-electron chi connectivity index (χ4n) is 1.37. The molecule has 0 bridgehead atoms. The van der Waals surface area contributed by atoms with Crippen LogP contribution in [0.1, 0.15) is 5.56 Å². The molecule has 0 saturated heterocycles. The molecule has 1 aromatic rings. The van der Waals surface area contributed by atoms with Gasteiger partial charge in [0.25, 0.3) is 5.91 Å². The second-order valence-corrected chi connectivity index (χ2v) is 3.13. The molecule has 0 aliphatic carbocycles. The van der Waals surface area contributed by atoms with Gasteiger partial charge in [-0.3, -0.25) is 4.79 Å². The molecule has 3 nitrogen and oxygen atoms in total. The van der Waals surface area contributed by atoms with E-state index in [1.54, 1.807) is 0 Å². The van der Waals surface area contributed by atoms with E-state index in [0.29, 0.717) is 6.42 Å². The number of ether oxygens (including phenoxy) is 1. The van der Waals surface area contributed by atoms with Gasteiger partial charge in [0, 0.05) is 12.6 Å². The van der Waals surface area contributed by atoms with E-state index in [4.69, 9.17) is 4.74 Å². The first kappa shape index (κ1) is 8.81. The quantitative estimate of drug-likeness (QED) is 0.759. The highest BCUT2D eigenvalue weighted by molar-refractivity contribution is 5.82. The minimum absolute atomic E-state index is 0.0867. The van der Waals surface area contributed by atoms with Crippen molar-refractivity contribution >= 4 is 5.91 Å². The van der Waals surface area contributed by atoms with Crippen LogP contribution < -0.4 is 5.32 Å². The van der Waals surface area contributed by atoms with E-state index in [-0.39, 0.29) is 5.91 Å². The zero-order valence-electron chi connectivity index (χ0n) is 7.64. The van der Waals surface area contributed by atoms with E-state index in [2.05, 4.69) is 5.32 Å². The molecule has 1 aromatic carbocycles. The third-order valence-electron chi connectivity index (χ3n) is 2.09. The molecule has 0 saturated carbocycles. The van der Waals surface area contributed by atoms with Crippen molar-refractivity contribution in [2.75, 3.05) is 0 Å². The molecular formula is C11H11NO2. The van der Waals surface area contributed by atoms with Gasteiger partial charge in [0.2, 0.25) is 0 Å². The van der Waals surface area contributed by atoms with E-state index < -0.39 is 6.10 Å². The average molecular weight is 189 g/mol. The molecule has 14 heavy (non-hydrogen) atoms. The summed E-state index contributed by atoms with van der Waals surface area (Å²) in [5.74, 6) is -0.0867. The molecule has 0 radical (unpaired) electrons. The van der Waals surface area contributed by atoms with Crippen LogP contribution in [0.25, 0.3) is 0 Å². The molecule has 1 heterocycles. The summed E-state index contributed by atoms with van der Waals surface area (Å²) in [7, 11) is 0. The number of nitrogens with one attached hydrogen (secondary N) is 1.